The maximum atomic E-state index is 13.6. The number of aliphatic hydroxyl groups excluding tert-OH is 1. The lowest BCUT2D eigenvalue weighted by molar-refractivity contribution is 0.159. The smallest absolute Gasteiger partial charge is 0.147 e. The molecule has 0 aliphatic carbocycles. The molecular formula is C14H18ClFO. The van der Waals surface area contributed by atoms with E-state index < -0.39 is 11.9 Å². The normalized spacial score (nSPS) is 12.4. The Balaban J connectivity index is 2.44. The Hall–Kier alpha value is -0.860. The molecule has 0 bridgehead atoms. The van der Waals surface area contributed by atoms with Crippen LogP contribution in [0.4, 0.5) is 4.39 Å². The topological polar surface area (TPSA) is 20.2 Å². The molecule has 0 fully saturated rings. The minimum atomic E-state index is -0.766. The highest BCUT2D eigenvalue weighted by molar-refractivity contribution is 6.30. The molecule has 0 aromatic heterocycles. The van der Waals surface area contributed by atoms with Crippen LogP contribution in [0.25, 0.3) is 0 Å². The van der Waals surface area contributed by atoms with Crippen LogP contribution in [0.3, 0.4) is 0 Å². The van der Waals surface area contributed by atoms with E-state index in [1.807, 2.05) is 6.08 Å². The molecule has 0 aliphatic rings. The fourth-order valence-corrected chi connectivity index (χ4v) is 1.92. The molecule has 1 N–H and O–H groups in total. The first kappa shape index (κ1) is 14.2. The molecule has 0 saturated heterocycles. The van der Waals surface area contributed by atoms with Crippen molar-refractivity contribution in [1.29, 1.82) is 0 Å². The lowest BCUT2D eigenvalue weighted by Gasteiger charge is -2.12. The van der Waals surface area contributed by atoms with E-state index in [1.165, 1.54) is 6.07 Å². The Morgan fingerprint density at radius 2 is 2.12 bits per heavy atom. The summed E-state index contributed by atoms with van der Waals surface area (Å²) in [7, 11) is 0. The molecule has 3 heteroatoms. The van der Waals surface area contributed by atoms with Crippen LogP contribution >= 0.6 is 11.6 Å². The third-order valence-electron chi connectivity index (χ3n) is 2.73. The molecule has 0 aliphatic heterocycles. The van der Waals surface area contributed by atoms with Gasteiger partial charge in [-0.1, -0.05) is 42.7 Å². The Kier molecular flexibility index (Phi) is 6.23. The zero-order valence-electron chi connectivity index (χ0n) is 9.83. The van der Waals surface area contributed by atoms with Crippen molar-refractivity contribution in [3.63, 3.8) is 0 Å². The van der Waals surface area contributed by atoms with E-state index in [9.17, 15) is 9.50 Å². The predicted molar refractivity (Wildman–Crippen MR) is 69.7 cm³/mol. The summed E-state index contributed by atoms with van der Waals surface area (Å²) < 4.78 is 13.6. The molecule has 1 rings (SSSR count). The Morgan fingerprint density at radius 1 is 1.35 bits per heavy atom. The van der Waals surface area contributed by atoms with E-state index in [2.05, 4.69) is 6.58 Å². The molecule has 0 heterocycles. The van der Waals surface area contributed by atoms with Crippen LogP contribution in [-0.2, 0) is 0 Å². The van der Waals surface area contributed by atoms with Gasteiger partial charge in [0.2, 0.25) is 0 Å². The van der Waals surface area contributed by atoms with Gasteiger partial charge >= 0.3 is 0 Å². The molecule has 1 nitrogen and oxygen atoms in total. The number of halogens is 2. The molecule has 94 valence electrons. The highest BCUT2D eigenvalue weighted by Gasteiger charge is 2.14. The number of benzene rings is 1. The standard InChI is InChI=1S/C14H18ClFO/c1-2-3-4-5-6-10-13(17)11-8-7-9-12(15)14(11)16/h2,7-9,13,17H,1,3-6,10H2. The van der Waals surface area contributed by atoms with Gasteiger partial charge in [-0.3, -0.25) is 0 Å². The van der Waals surface area contributed by atoms with Gasteiger partial charge in [-0.2, -0.15) is 0 Å². The SMILES string of the molecule is C=CCCCCCC(O)c1cccc(Cl)c1F. The van der Waals surface area contributed by atoms with Crippen LogP contribution in [0.15, 0.2) is 30.9 Å². The lowest BCUT2D eigenvalue weighted by Crippen LogP contribution is -2.01. The minimum Gasteiger partial charge on any atom is -0.388 e. The van der Waals surface area contributed by atoms with E-state index in [-0.39, 0.29) is 5.02 Å². The molecule has 1 unspecified atom stereocenters. The average Bonchev–Trinajstić information content (AvgIpc) is 2.32. The summed E-state index contributed by atoms with van der Waals surface area (Å²) in [5.74, 6) is -0.507. The van der Waals surface area contributed by atoms with Gasteiger partial charge in [-0.05, 0) is 25.3 Å². The van der Waals surface area contributed by atoms with Crippen LogP contribution in [0.2, 0.25) is 5.02 Å². The molecule has 0 saturated carbocycles. The fraction of sp³-hybridized carbons (Fsp3) is 0.429. The van der Waals surface area contributed by atoms with Gasteiger partial charge in [-0.25, -0.2) is 4.39 Å². The number of rotatable bonds is 7. The highest BCUT2D eigenvalue weighted by atomic mass is 35.5. The van der Waals surface area contributed by atoms with Crippen LogP contribution in [0.5, 0.6) is 0 Å². The zero-order valence-corrected chi connectivity index (χ0v) is 10.6. The third kappa shape index (κ3) is 4.49. The predicted octanol–water partition coefficient (Wildman–Crippen LogP) is 4.65. The fourth-order valence-electron chi connectivity index (χ4n) is 1.74. The second-order valence-electron chi connectivity index (χ2n) is 4.09. The molecular weight excluding hydrogens is 239 g/mol. The number of unbranched alkanes of at least 4 members (excludes halogenated alkanes) is 3. The summed E-state index contributed by atoms with van der Waals surface area (Å²) in [5, 5.41) is 9.93. The molecule has 0 amide bonds. The molecule has 0 radical (unpaired) electrons. The van der Waals surface area contributed by atoms with Gasteiger partial charge in [0.15, 0.2) is 0 Å². The van der Waals surface area contributed by atoms with E-state index >= 15 is 0 Å². The quantitative estimate of drug-likeness (QED) is 0.556. The minimum absolute atomic E-state index is 0.0632. The van der Waals surface area contributed by atoms with Crippen molar-refractivity contribution < 1.29 is 9.50 Å². The van der Waals surface area contributed by atoms with Crippen LogP contribution < -0.4 is 0 Å². The summed E-state index contributed by atoms with van der Waals surface area (Å²) in [6.45, 7) is 3.65. The second-order valence-corrected chi connectivity index (χ2v) is 4.49. The second kappa shape index (κ2) is 7.46. The van der Waals surface area contributed by atoms with Gasteiger partial charge in [0, 0.05) is 5.56 Å². The Labute approximate surface area is 107 Å². The van der Waals surface area contributed by atoms with Gasteiger partial charge in [-0.15, -0.1) is 6.58 Å². The highest BCUT2D eigenvalue weighted by Crippen LogP contribution is 2.26. The first-order valence-corrected chi connectivity index (χ1v) is 6.27. The van der Waals surface area contributed by atoms with E-state index in [1.54, 1.807) is 12.1 Å². The van der Waals surface area contributed by atoms with Crippen molar-refractivity contribution in [2.45, 2.75) is 38.2 Å². The molecule has 1 atom stereocenters. The zero-order chi connectivity index (χ0) is 12.7. The van der Waals surface area contributed by atoms with Crippen molar-refractivity contribution >= 4 is 11.6 Å². The van der Waals surface area contributed by atoms with Gasteiger partial charge in [0.25, 0.3) is 0 Å². The maximum absolute atomic E-state index is 13.6. The molecule has 0 spiro atoms. The summed E-state index contributed by atoms with van der Waals surface area (Å²) in [5.41, 5.74) is 0.293. The van der Waals surface area contributed by atoms with Gasteiger partial charge in [0.1, 0.15) is 5.82 Å². The number of hydrogen-bond donors (Lipinski definition) is 1. The van der Waals surface area contributed by atoms with Crippen LogP contribution in [0, 0.1) is 5.82 Å². The van der Waals surface area contributed by atoms with Crippen molar-refractivity contribution in [2.24, 2.45) is 0 Å². The number of allylic oxidation sites excluding steroid dienone is 1. The third-order valence-corrected chi connectivity index (χ3v) is 3.02. The van der Waals surface area contributed by atoms with Crippen molar-refractivity contribution in [3.05, 3.63) is 47.3 Å². The van der Waals surface area contributed by atoms with Gasteiger partial charge in [0.05, 0.1) is 11.1 Å². The van der Waals surface area contributed by atoms with Crippen LogP contribution in [0.1, 0.15) is 43.8 Å². The summed E-state index contributed by atoms with van der Waals surface area (Å²) in [6.07, 6.45) is 5.63. The molecule has 1 aromatic rings. The van der Waals surface area contributed by atoms with Crippen LogP contribution in [-0.4, -0.2) is 5.11 Å². The van der Waals surface area contributed by atoms with E-state index in [0.717, 1.165) is 25.7 Å². The summed E-state index contributed by atoms with van der Waals surface area (Å²) >= 11 is 5.66. The van der Waals surface area contributed by atoms with E-state index in [4.69, 9.17) is 11.6 Å². The van der Waals surface area contributed by atoms with Crippen molar-refractivity contribution in [3.8, 4) is 0 Å². The lowest BCUT2D eigenvalue weighted by atomic mass is 10.0. The summed E-state index contributed by atoms with van der Waals surface area (Å²) in [6, 6.07) is 4.72. The summed E-state index contributed by atoms with van der Waals surface area (Å²) in [4.78, 5) is 0. The maximum Gasteiger partial charge on any atom is 0.147 e. The monoisotopic (exact) mass is 256 g/mol. The average molecular weight is 257 g/mol. The molecule has 17 heavy (non-hydrogen) atoms. The Bertz CT molecular complexity index is 365. The van der Waals surface area contributed by atoms with Crippen molar-refractivity contribution in [2.75, 3.05) is 0 Å². The first-order valence-electron chi connectivity index (χ1n) is 5.89. The first-order chi connectivity index (χ1) is 8.16. The number of aliphatic hydroxyl groups is 1. The Morgan fingerprint density at radius 3 is 2.82 bits per heavy atom. The number of hydrogen-bond acceptors (Lipinski definition) is 1. The van der Waals surface area contributed by atoms with Gasteiger partial charge < -0.3 is 5.11 Å². The largest absolute Gasteiger partial charge is 0.388 e. The van der Waals surface area contributed by atoms with E-state index in [0.29, 0.717) is 12.0 Å². The van der Waals surface area contributed by atoms with Crippen molar-refractivity contribution in [1.82, 2.24) is 0 Å². The molecule has 1 aromatic carbocycles.